The summed E-state index contributed by atoms with van der Waals surface area (Å²) in [5.74, 6) is 1.55. The molecule has 2 rings (SSSR count). The molecule has 0 spiro atoms. The van der Waals surface area contributed by atoms with Crippen LogP contribution in [0.15, 0.2) is 18.2 Å². The molecular formula is C13H19NO2. The van der Waals surface area contributed by atoms with Crippen LogP contribution in [0.2, 0.25) is 0 Å². The van der Waals surface area contributed by atoms with Crippen molar-refractivity contribution in [2.75, 3.05) is 14.2 Å². The average Bonchev–Trinajstić information content (AvgIpc) is 3.09. The first kappa shape index (κ1) is 11.3. The highest BCUT2D eigenvalue weighted by Crippen LogP contribution is 2.51. The van der Waals surface area contributed by atoms with E-state index >= 15 is 0 Å². The van der Waals surface area contributed by atoms with E-state index in [4.69, 9.17) is 15.2 Å². The van der Waals surface area contributed by atoms with Gasteiger partial charge in [0.15, 0.2) is 11.5 Å². The number of ether oxygens (including phenoxy) is 2. The zero-order valence-electron chi connectivity index (χ0n) is 10.1. The molecule has 1 atom stereocenters. The van der Waals surface area contributed by atoms with Crippen LogP contribution in [0, 0.1) is 0 Å². The number of hydrogen-bond donors (Lipinski definition) is 1. The molecule has 16 heavy (non-hydrogen) atoms. The van der Waals surface area contributed by atoms with E-state index in [1.54, 1.807) is 14.2 Å². The molecule has 1 aromatic carbocycles. The first-order valence-electron chi connectivity index (χ1n) is 5.62. The Bertz CT molecular complexity index is 384. The van der Waals surface area contributed by atoms with Crippen molar-refractivity contribution in [3.05, 3.63) is 23.8 Å². The second kappa shape index (κ2) is 3.98. The Morgan fingerprint density at radius 2 is 1.81 bits per heavy atom. The summed E-state index contributed by atoms with van der Waals surface area (Å²) in [5, 5.41) is 0. The molecule has 1 aliphatic rings. The monoisotopic (exact) mass is 221 g/mol. The van der Waals surface area contributed by atoms with Crippen LogP contribution < -0.4 is 15.2 Å². The van der Waals surface area contributed by atoms with Crippen molar-refractivity contribution >= 4 is 0 Å². The second-order valence-corrected chi connectivity index (χ2v) is 4.51. The zero-order valence-corrected chi connectivity index (χ0v) is 10.1. The van der Waals surface area contributed by atoms with Crippen molar-refractivity contribution in [1.82, 2.24) is 0 Å². The molecule has 88 valence electrons. The molecular weight excluding hydrogens is 202 g/mol. The fraction of sp³-hybridized carbons (Fsp3) is 0.538. The lowest BCUT2D eigenvalue weighted by atomic mass is 9.89. The van der Waals surface area contributed by atoms with Crippen LogP contribution in [-0.4, -0.2) is 20.3 Å². The predicted molar refractivity (Wildman–Crippen MR) is 64.1 cm³/mol. The lowest BCUT2D eigenvalue weighted by Gasteiger charge is -2.21. The van der Waals surface area contributed by atoms with Gasteiger partial charge in [0.1, 0.15) is 0 Å². The molecule has 1 aromatic rings. The standard InChI is InChI=1S/C13H19NO2/c1-9(14)13(6-7-13)10-4-5-11(15-2)12(8-10)16-3/h4-5,8-9H,6-7,14H2,1-3H3. The maximum Gasteiger partial charge on any atom is 0.161 e. The van der Waals surface area contributed by atoms with Gasteiger partial charge in [-0.15, -0.1) is 0 Å². The highest BCUT2D eigenvalue weighted by molar-refractivity contribution is 5.47. The second-order valence-electron chi connectivity index (χ2n) is 4.51. The number of methoxy groups -OCH3 is 2. The largest absolute Gasteiger partial charge is 0.493 e. The van der Waals surface area contributed by atoms with Crippen molar-refractivity contribution < 1.29 is 9.47 Å². The SMILES string of the molecule is COc1ccc(C2(C(C)N)CC2)cc1OC. The maximum atomic E-state index is 6.05. The lowest BCUT2D eigenvalue weighted by molar-refractivity contribution is 0.353. The van der Waals surface area contributed by atoms with E-state index in [1.807, 2.05) is 6.07 Å². The van der Waals surface area contributed by atoms with Gasteiger partial charge < -0.3 is 15.2 Å². The van der Waals surface area contributed by atoms with Gasteiger partial charge in [-0.2, -0.15) is 0 Å². The fourth-order valence-corrected chi connectivity index (χ4v) is 2.29. The average molecular weight is 221 g/mol. The molecule has 1 fully saturated rings. The van der Waals surface area contributed by atoms with Crippen molar-refractivity contribution in [1.29, 1.82) is 0 Å². The van der Waals surface area contributed by atoms with E-state index < -0.39 is 0 Å². The molecule has 0 bridgehead atoms. The van der Waals surface area contributed by atoms with Crippen LogP contribution in [0.3, 0.4) is 0 Å². The minimum atomic E-state index is 0.166. The third kappa shape index (κ3) is 1.65. The Morgan fingerprint density at radius 3 is 2.25 bits per heavy atom. The van der Waals surface area contributed by atoms with E-state index in [2.05, 4.69) is 19.1 Å². The van der Waals surface area contributed by atoms with Crippen LogP contribution in [-0.2, 0) is 5.41 Å². The third-order valence-corrected chi connectivity index (χ3v) is 3.62. The van der Waals surface area contributed by atoms with Crippen LogP contribution >= 0.6 is 0 Å². The molecule has 1 aliphatic carbocycles. The molecule has 0 aliphatic heterocycles. The van der Waals surface area contributed by atoms with Crippen LogP contribution in [0.5, 0.6) is 11.5 Å². The molecule has 0 saturated heterocycles. The van der Waals surface area contributed by atoms with E-state index in [0.29, 0.717) is 0 Å². The molecule has 3 heteroatoms. The minimum absolute atomic E-state index is 0.166. The number of rotatable bonds is 4. The molecule has 0 aromatic heterocycles. The van der Waals surface area contributed by atoms with Gasteiger partial charge >= 0.3 is 0 Å². The van der Waals surface area contributed by atoms with Gasteiger partial charge in [0, 0.05) is 11.5 Å². The summed E-state index contributed by atoms with van der Waals surface area (Å²) >= 11 is 0. The maximum absolute atomic E-state index is 6.05. The number of benzene rings is 1. The summed E-state index contributed by atoms with van der Waals surface area (Å²) in [5.41, 5.74) is 7.48. The van der Waals surface area contributed by atoms with Crippen molar-refractivity contribution in [2.45, 2.75) is 31.2 Å². The van der Waals surface area contributed by atoms with Gasteiger partial charge in [-0.05, 0) is 37.5 Å². The van der Waals surface area contributed by atoms with Crippen LogP contribution in [0.25, 0.3) is 0 Å². The molecule has 1 saturated carbocycles. The summed E-state index contributed by atoms with van der Waals surface area (Å²) in [6.07, 6.45) is 2.33. The minimum Gasteiger partial charge on any atom is -0.493 e. The first-order chi connectivity index (χ1) is 7.64. The Labute approximate surface area is 96.5 Å². The third-order valence-electron chi connectivity index (χ3n) is 3.62. The summed E-state index contributed by atoms with van der Waals surface area (Å²) in [6.45, 7) is 2.07. The van der Waals surface area contributed by atoms with Gasteiger partial charge in [0.05, 0.1) is 14.2 Å². The molecule has 2 N–H and O–H groups in total. The topological polar surface area (TPSA) is 44.5 Å². The highest BCUT2D eigenvalue weighted by Gasteiger charge is 2.47. The van der Waals surface area contributed by atoms with Gasteiger partial charge in [0.25, 0.3) is 0 Å². The Hall–Kier alpha value is -1.22. The van der Waals surface area contributed by atoms with Gasteiger partial charge in [-0.1, -0.05) is 6.07 Å². The molecule has 0 radical (unpaired) electrons. The van der Waals surface area contributed by atoms with E-state index in [-0.39, 0.29) is 11.5 Å². The normalized spacial score (nSPS) is 19.0. The summed E-state index contributed by atoms with van der Waals surface area (Å²) in [4.78, 5) is 0. The van der Waals surface area contributed by atoms with Gasteiger partial charge in [-0.3, -0.25) is 0 Å². The van der Waals surface area contributed by atoms with Crippen molar-refractivity contribution in [3.63, 3.8) is 0 Å². The van der Waals surface area contributed by atoms with E-state index in [9.17, 15) is 0 Å². The Balaban J connectivity index is 2.37. The molecule has 0 amide bonds. The summed E-state index contributed by atoms with van der Waals surface area (Å²) in [7, 11) is 3.31. The number of nitrogens with two attached hydrogens (primary N) is 1. The first-order valence-corrected chi connectivity index (χ1v) is 5.62. The fourth-order valence-electron chi connectivity index (χ4n) is 2.29. The predicted octanol–water partition coefficient (Wildman–Crippen LogP) is 2.08. The van der Waals surface area contributed by atoms with Gasteiger partial charge in [0.2, 0.25) is 0 Å². The summed E-state index contributed by atoms with van der Waals surface area (Å²) in [6, 6.07) is 6.29. The van der Waals surface area contributed by atoms with Crippen molar-refractivity contribution in [3.8, 4) is 11.5 Å². The van der Waals surface area contributed by atoms with E-state index in [1.165, 1.54) is 18.4 Å². The number of hydrogen-bond acceptors (Lipinski definition) is 3. The molecule has 0 heterocycles. The molecule has 1 unspecified atom stereocenters. The summed E-state index contributed by atoms with van der Waals surface area (Å²) < 4.78 is 10.5. The zero-order chi connectivity index (χ0) is 11.8. The Kier molecular flexibility index (Phi) is 2.80. The lowest BCUT2D eigenvalue weighted by Crippen LogP contribution is -2.31. The van der Waals surface area contributed by atoms with Crippen molar-refractivity contribution in [2.24, 2.45) is 5.73 Å². The quantitative estimate of drug-likeness (QED) is 0.846. The van der Waals surface area contributed by atoms with Gasteiger partial charge in [-0.25, -0.2) is 0 Å². The van der Waals surface area contributed by atoms with Crippen LogP contribution in [0.4, 0.5) is 0 Å². The van der Waals surface area contributed by atoms with E-state index in [0.717, 1.165) is 11.5 Å². The molecule has 3 nitrogen and oxygen atoms in total. The smallest absolute Gasteiger partial charge is 0.161 e. The highest BCUT2D eigenvalue weighted by atomic mass is 16.5. The van der Waals surface area contributed by atoms with Crippen LogP contribution in [0.1, 0.15) is 25.3 Å². The Morgan fingerprint density at radius 1 is 1.19 bits per heavy atom.